The van der Waals surface area contributed by atoms with Crippen LogP contribution in [0.25, 0.3) is 11.4 Å². The summed E-state index contributed by atoms with van der Waals surface area (Å²) >= 11 is 5.30. The summed E-state index contributed by atoms with van der Waals surface area (Å²) in [4.78, 5) is 0. The smallest absolute Gasteiger partial charge is 0.195 e. The highest BCUT2D eigenvalue weighted by Crippen LogP contribution is 2.28. The Labute approximate surface area is 118 Å². The van der Waals surface area contributed by atoms with Crippen LogP contribution in [-0.2, 0) is 6.54 Å². The van der Waals surface area contributed by atoms with Crippen molar-refractivity contribution in [2.75, 3.05) is 6.61 Å². The Morgan fingerprint density at radius 1 is 1.37 bits per heavy atom. The molecule has 1 aromatic heterocycles. The number of hydrogen-bond acceptors (Lipinski definition) is 3. The Kier molecular flexibility index (Phi) is 4.37. The van der Waals surface area contributed by atoms with Gasteiger partial charge in [0.2, 0.25) is 0 Å². The van der Waals surface area contributed by atoms with Crippen molar-refractivity contribution < 1.29 is 4.74 Å². The maximum atomic E-state index is 5.66. The van der Waals surface area contributed by atoms with Gasteiger partial charge in [-0.1, -0.05) is 26.0 Å². The lowest BCUT2D eigenvalue weighted by Crippen LogP contribution is -2.07. The lowest BCUT2D eigenvalue weighted by molar-refractivity contribution is 0.341. The van der Waals surface area contributed by atoms with E-state index in [4.69, 9.17) is 17.0 Å². The van der Waals surface area contributed by atoms with Crippen LogP contribution in [0.2, 0.25) is 0 Å². The minimum atomic E-state index is 0.502. The number of para-hydroxylation sites is 1. The zero-order valence-electron chi connectivity index (χ0n) is 11.5. The first kappa shape index (κ1) is 13.8. The first-order chi connectivity index (χ1) is 9.13. The number of aromatic nitrogens is 3. The van der Waals surface area contributed by atoms with E-state index in [1.54, 1.807) is 0 Å². The van der Waals surface area contributed by atoms with Gasteiger partial charge in [0.25, 0.3) is 0 Å². The van der Waals surface area contributed by atoms with E-state index in [9.17, 15) is 0 Å². The van der Waals surface area contributed by atoms with Gasteiger partial charge >= 0.3 is 0 Å². The van der Waals surface area contributed by atoms with Gasteiger partial charge in [-0.2, -0.15) is 5.10 Å². The molecule has 4 nitrogen and oxygen atoms in total. The molecule has 1 N–H and O–H groups in total. The summed E-state index contributed by atoms with van der Waals surface area (Å²) in [5.41, 5.74) is 0.970. The molecule has 5 heteroatoms. The summed E-state index contributed by atoms with van der Waals surface area (Å²) in [6.07, 6.45) is 0. The molecule has 0 unspecified atom stereocenters. The van der Waals surface area contributed by atoms with Crippen molar-refractivity contribution in [3.05, 3.63) is 29.0 Å². The second-order valence-electron chi connectivity index (χ2n) is 4.79. The second kappa shape index (κ2) is 6.02. The fourth-order valence-electron chi connectivity index (χ4n) is 1.99. The van der Waals surface area contributed by atoms with E-state index < -0.39 is 0 Å². The molecule has 0 radical (unpaired) electrons. The Bertz CT molecular complexity index is 601. The van der Waals surface area contributed by atoms with Crippen LogP contribution in [0.15, 0.2) is 24.3 Å². The molecule has 0 amide bonds. The summed E-state index contributed by atoms with van der Waals surface area (Å²) in [5.74, 6) is 2.18. The van der Waals surface area contributed by atoms with E-state index in [0.29, 0.717) is 17.3 Å². The SMILES string of the molecule is CCOc1ccccc1-c1n[nH]c(=S)n1CC(C)C. The topological polar surface area (TPSA) is 42.8 Å². The van der Waals surface area contributed by atoms with Gasteiger partial charge in [0, 0.05) is 6.54 Å². The third-order valence-electron chi connectivity index (χ3n) is 2.73. The predicted octanol–water partition coefficient (Wildman–Crippen LogP) is 3.66. The number of benzene rings is 1. The highest BCUT2D eigenvalue weighted by atomic mass is 32.1. The Hall–Kier alpha value is -1.62. The number of ether oxygens (including phenoxy) is 1. The highest BCUT2D eigenvalue weighted by molar-refractivity contribution is 7.71. The Balaban J connectivity index is 2.50. The van der Waals surface area contributed by atoms with Crippen molar-refractivity contribution in [3.63, 3.8) is 0 Å². The first-order valence-electron chi connectivity index (χ1n) is 6.50. The summed E-state index contributed by atoms with van der Waals surface area (Å²) in [6, 6.07) is 7.90. The quantitative estimate of drug-likeness (QED) is 0.848. The van der Waals surface area contributed by atoms with Gasteiger partial charge in [-0.15, -0.1) is 0 Å². The standard InChI is InChI=1S/C14H19N3OS/c1-4-18-12-8-6-5-7-11(12)13-15-16-14(19)17(13)9-10(2)3/h5-8,10H,4,9H2,1-3H3,(H,16,19). The summed E-state index contributed by atoms with van der Waals surface area (Å²) in [6.45, 7) is 7.76. The van der Waals surface area contributed by atoms with Gasteiger partial charge in [0.05, 0.1) is 12.2 Å². The van der Waals surface area contributed by atoms with Gasteiger partial charge in [0.1, 0.15) is 5.75 Å². The minimum absolute atomic E-state index is 0.502. The van der Waals surface area contributed by atoms with Crippen LogP contribution in [0.3, 0.4) is 0 Å². The molecule has 0 aliphatic rings. The van der Waals surface area contributed by atoms with Crippen LogP contribution in [-0.4, -0.2) is 21.4 Å². The fourth-order valence-corrected chi connectivity index (χ4v) is 2.20. The van der Waals surface area contributed by atoms with Gasteiger partial charge in [0.15, 0.2) is 10.6 Å². The van der Waals surface area contributed by atoms with E-state index in [2.05, 4.69) is 24.0 Å². The van der Waals surface area contributed by atoms with E-state index in [0.717, 1.165) is 23.7 Å². The third-order valence-corrected chi connectivity index (χ3v) is 3.05. The normalized spacial score (nSPS) is 10.9. The van der Waals surface area contributed by atoms with Crippen LogP contribution >= 0.6 is 12.2 Å². The van der Waals surface area contributed by atoms with Crippen LogP contribution in [0.4, 0.5) is 0 Å². The first-order valence-corrected chi connectivity index (χ1v) is 6.91. The van der Waals surface area contributed by atoms with Crippen molar-refractivity contribution >= 4 is 12.2 Å². The summed E-state index contributed by atoms with van der Waals surface area (Å²) < 4.78 is 8.33. The van der Waals surface area contributed by atoms with Crippen molar-refractivity contribution in [2.24, 2.45) is 5.92 Å². The molecule has 2 rings (SSSR count). The monoisotopic (exact) mass is 277 g/mol. The van der Waals surface area contributed by atoms with Gasteiger partial charge in [-0.05, 0) is 37.2 Å². The number of hydrogen-bond donors (Lipinski definition) is 1. The van der Waals surface area contributed by atoms with Crippen LogP contribution in [0.5, 0.6) is 5.75 Å². The number of nitrogens with zero attached hydrogens (tertiary/aromatic N) is 2. The maximum Gasteiger partial charge on any atom is 0.195 e. The molecule has 0 fully saturated rings. The van der Waals surface area contributed by atoms with E-state index >= 15 is 0 Å². The molecule has 2 aromatic rings. The molecule has 0 aliphatic carbocycles. The molecule has 1 heterocycles. The van der Waals surface area contributed by atoms with Gasteiger partial charge < -0.3 is 4.74 Å². The molecule has 1 aromatic carbocycles. The molecule has 19 heavy (non-hydrogen) atoms. The average molecular weight is 277 g/mol. The van der Waals surface area contributed by atoms with Crippen LogP contribution < -0.4 is 4.74 Å². The van der Waals surface area contributed by atoms with Crippen LogP contribution in [0.1, 0.15) is 20.8 Å². The van der Waals surface area contributed by atoms with Crippen molar-refractivity contribution in [3.8, 4) is 17.1 Å². The highest BCUT2D eigenvalue weighted by Gasteiger charge is 2.14. The average Bonchev–Trinajstić information content (AvgIpc) is 2.72. The molecule has 0 saturated carbocycles. The van der Waals surface area contributed by atoms with Crippen molar-refractivity contribution in [2.45, 2.75) is 27.3 Å². The Morgan fingerprint density at radius 3 is 2.79 bits per heavy atom. The lowest BCUT2D eigenvalue weighted by atomic mass is 10.1. The van der Waals surface area contributed by atoms with Gasteiger partial charge in [-0.25, -0.2) is 0 Å². The van der Waals surface area contributed by atoms with E-state index in [-0.39, 0.29) is 0 Å². The molecule has 0 saturated heterocycles. The van der Waals surface area contributed by atoms with E-state index in [1.807, 2.05) is 35.8 Å². The van der Waals surface area contributed by atoms with Gasteiger partial charge in [-0.3, -0.25) is 9.67 Å². The molecule has 102 valence electrons. The van der Waals surface area contributed by atoms with Crippen LogP contribution in [0, 0.1) is 10.7 Å². The zero-order chi connectivity index (χ0) is 13.8. The molecule has 0 atom stereocenters. The summed E-state index contributed by atoms with van der Waals surface area (Å²) in [7, 11) is 0. The van der Waals surface area contributed by atoms with Crippen molar-refractivity contribution in [1.82, 2.24) is 14.8 Å². The number of H-pyrrole nitrogens is 1. The second-order valence-corrected chi connectivity index (χ2v) is 5.17. The number of nitrogens with one attached hydrogen (secondary N) is 1. The maximum absolute atomic E-state index is 5.66. The largest absolute Gasteiger partial charge is 0.493 e. The molecule has 0 bridgehead atoms. The lowest BCUT2D eigenvalue weighted by Gasteiger charge is -2.12. The molecule has 0 spiro atoms. The fraction of sp³-hybridized carbons (Fsp3) is 0.429. The summed E-state index contributed by atoms with van der Waals surface area (Å²) in [5, 5.41) is 7.22. The zero-order valence-corrected chi connectivity index (χ0v) is 12.3. The third kappa shape index (κ3) is 3.04. The number of rotatable bonds is 5. The molecular formula is C14H19N3OS. The predicted molar refractivity (Wildman–Crippen MR) is 78.9 cm³/mol. The van der Waals surface area contributed by atoms with E-state index in [1.165, 1.54) is 0 Å². The molecular weight excluding hydrogens is 258 g/mol. The molecule has 0 aliphatic heterocycles. The minimum Gasteiger partial charge on any atom is -0.493 e. The van der Waals surface area contributed by atoms with Crippen molar-refractivity contribution in [1.29, 1.82) is 0 Å². The number of aromatic amines is 1. The Morgan fingerprint density at radius 2 is 2.11 bits per heavy atom.